The van der Waals surface area contributed by atoms with E-state index in [0.717, 1.165) is 40.5 Å². The zero-order valence-corrected chi connectivity index (χ0v) is 16.7. The van der Waals surface area contributed by atoms with Crippen molar-refractivity contribution >= 4 is 39.4 Å². The number of thioether (sulfide) groups is 1. The van der Waals surface area contributed by atoms with Crippen LogP contribution in [-0.2, 0) is 18.6 Å². The molecule has 7 nitrogen and oxygen atoms in total. The summed E-state index contributed by atoms with van der Waals surface area (Å²) in [4.78, 5) is 20.4. The number of aryl methyl sites for hydroxylation is 2. The molecule has 5 rings (SSSR count). The van der Waals surface area contributed by atoms with Gasteiger partial charge in [0.2, 0.25) is 5.16 Å². The van der Waals surface area contributed by atoms with Crippen LogP contribution >= 0.6 is 34.4 Å². The lowest BCUT2D eigenvalue weighted by Crippen LogP contribution is -2.18. The van der Waals surface area contributed by atoms with Crippen molar-refractivity contribution < 1.29 is 0 Å². The van der Waals surface area contributed by atoms with Gasteiger partial charge >= 0.3 is 0 Å². The van der Waals surface area contributed by atoms with Gasteiger partial charge in [0.05, 0.1) is 10.6 Å². The molecule has 1 aliphatic rings. The van der Waals surface area contributed by atoms with Crippen LogP contribution in [0.1, 0.15) is 29.1 Å². The Morgan fingerprint density at radius 1 is 1.26 bits per heavy atom. The van der Waals surface area contributed by atoms with E-state index in [9.17, 15) is 4.79 Å². The number of nitrogens with two attached hydrogens (primary N) is 1. The minimum Gasteiger partial charge on any atom is -0.335 e. The summed E-state index contributed by atoms with van der Waals surface area (Å²) in [5.41, 5.74) is 1.90. The molecule has 0 spiro atoms. The van der Waals surface area contributed by atoms with Crippen molar-refractivity contribution in [3.05, 3.63) is 50.2 Å². The van der Waals surface area contributed by atoms with Gasteiger partial charge in [-0.15, -0.1) is 32.9 Å². The van der Waals surface area contributed by atoms with Crippen molar-refractivity contribution in [1.29, 1.82) is 0 Å². The van der Waals surface area contributed by atoms with Crippen molar-refractivity contribution in [2.24, 2.45) is 0 Å². The molecule has 27 heavy (non-hydrogen) atoms. The van der Waals surface area contributed by atoms with Gasteiger partial charge in [-0.1, -0.05) is 17.8 Å². The van der Waals surface area contributed by atoms with E-state index in [1.54, 1.807) is 33.1 Å². The second-order valence-electron chi connectivity index (χ2n) is 6.32. The van der Waals surface area contributed by atoms with E-state index >= 15 is 0 Å². The van der Waals surface area contributed by atoms with Gasteiger partial charge in [0, 0.05) is 22.4 Å². The number of rotatable bonds is 4. The molecular weight excluding hydrogens is 400 g/mol. The van der Waals surface area contributed by atoms with E-state index in [1.807, 2.05) is 17.5 Å². The number of hydrogen-bond donors (Lipinski definition) is 1. The number of nitrogens with zero attached hydrogens (tertiary/aromatic N) is 5. The third kappa shape index (κ3) is 2.97. The molecule has 0 aromatic carbocycles. The molecule has 0 fully saturated rings. The van der Waals surface area contributed by atoms with E-state index in [1.165, 1.54) is 27.7 Å². The molecular formula is C17H16N6OS3. The van der Waals surface area contributed by atoms with Crippen molar-refractivity contribution in [3.8, 4) is 10.7 Å². The first-order chi connectivity index (χ1) is 13.2. The van der Waals surface area contributed by atoms with Crippen LogP contribution in [0.5, 0.6) is 0 Å². The molecule has 4 heterocycles. The summed E-state index contributed by atoms with van der Waals surface area (Å²) in [7, 11) is 0. The van der Waals surface area contributed by atoms with E-state index in [4.69, 9.17) is 10.8 Å². The van der Waals surface area contributed by atoms with E-state index in [0.29, 0.717) is 16.7 Å². The molecule has 0 bridgehead atoms. The van der Waals surface area contributed by atoms with Gasteiger partial charge in [-0.05, 0) is 37.1 Å². The number of hydrogen-bond acceptors (Lipinski definition) is 8. The highest BCUT2D eigenvalue weighted by atomic mass is 32.2. The maximum Gasteiger partial charge on any atom is 0.259 e. The molecule has 1 aliphatic carbocycles. The predicted octanol–water partition coefficient (Wildman–Crippen LogP) is 2.96. The summed E-state index contributed by atoms with van der Waals surface area (Å²) in [6.45, 7) is 0. The average molecular weight is 417 g/mol. The van der Waals surface area contributed by atoms with Gasteiger partial charge in [0.25, 0.3) is 5.56 Å². The highest BCUT2D eigenvalue weighted by Gasteiger charge is 2.19. The normalized spacial score (nSPS) is 13.9. The number of nitrogen functional groups attached to an aromatic ring is 1. The quantitative estimate of drug-likeness (QED) is 0.406. The summed E-state index contributed by atoms with van der Waals surface area (Å²) in [5.74, 6) is 7.30. The fraction of sp³-hybridized carbons (Fsp3) is 0.294. The SMILES string of the molecule is Nn1c(SCc2cc(=O)n3c4c(sc3n2)CCCC4)nnc1-c1cccs1. The first-order valence-corrected chi connectivity index (χ1v) is 11.3. The fourth-order valence-corrected chi connectivity index (χ4v) is 5.99. The van der Waals surface area contributed by atoms with Gasteiger partial charge in [0.1, 0.15) is 0 Å². The van der Waals surface area contributed by atoms with Gasteiger partial charge in [-0.3, -0.25) is 9.20 Å². The molecule has 0 aliphatic heterocycles. The molecule has 4 aromatic rings. The minimum absolute atomic E-state index is 0.00323. The van der Waals surface area contributed by atoms with Crippen LogP contribution in [0.4, 0.5) is 0 Å². The minimum atomic E-state index is 0.00323. The van der Waals surface area contributed by atoms with Crippen LogP contribution in [0.2, 0.25) is 0 Å². The van der Waals surface area contributed by atoms with Crippen LogP contribution in [0.15, 0.2) is 33.5 Å². The number of fused-ring (bicyclic) bond motifs is 3. The Labute approximate surface area is 166 Å². The van der Waals surface area contributed by atoms with Crippen molar-refractivity contribution in [2.75, 3.05) is 5.84 Å². The molecule has 138 valence electrons. The van der Waals surface area contributed by atoms with Crippen LogP contribution in [-0.4, -0.2) is 24.3 Å². The van der Waals surface area contributed by atoms with Gasteiger partial charge in [-0.2, -0.15) is 0 Å². The molecule has 2 N–H and O–H groups in total. The van der Waals surface area contributed by atoms with E-state index in [-0.39, 0.29) is 5.56 Å². The third-order valence-corrected chi connectivity index (χ3v) is 7.55. The first-order valence-electron chi connectivity index (χ1n) is 8.61. The van der Waals surface area contributed by atoms with Crippen molar-refractivity contribution in [2.45, 2.75) is 36.6 Å². The van der Waals surface area contributed by atoms with Gasteiger partial charge in [-0.25, -0.2) is 9.66 Å². The third-order valence-electron chi connectivity index (χ3n) is 4.57. The number of aromatic nitrogens is 5. The zero-order chi connectivity index (χ0) is 18.4. The predicted molar refractivity (Wildman–Crippen MR) is 109 cm³/mol. The Kier molecular flexibility index (Phi) is 4.25. The number of thiazole rings is 1. The Morgan fingerprint density at radius 3 is 3.00 bits per heavy atom. The topological polar surface area (TPSA) is 91.1 Å². The Balaban J connectivity index is 1.42. The monoisotopic (exact) mass is 416 g/mol. The van der Waals surface area contributed by atoms with Crippen LogP contribution in [0.25, 0.3) is 15.7 Å². The summed E-state index contributed by atoms with van der Waals surface area (Å²) in [6, 6.07) is 5.54. The molecule has 0 saturated carbocycles. The van der Waals surface area contributed by atoms with Crippen molar-refractivity contribution in [3.63, 3.8) is 0 Å². The smallest absolute Gasteiger partial charge is 0.259 e. The second-order valence-corrected chi connectivity index (χ2v) is 9.28. The molecule has 0 radical (unpaired) electrons. The maximum absolute atomic E-state index is 12.6. The van der Waals surface area contributed by atoms with E-state index in [2.05, 4.69) is 10.2 Å². The fourth-order valence-electron chi connectivity index (χ4n) is 3.30. The summed E-state index contributed by atoms with van der Waals surface area (Å²) in [6.07, 6.45) is 4.35. The van der Waals surface area contributed by atoms with E-state index < -0.39 is 0 Å². The van der Waals surface area contributed by atoms with Gasteiger partial charge in [0.15, 0.2) is 10.8 Å². The van der Waals surface area contributed by atoms with Gasteiger partial charge < -0.3 is 5.84 Å². The highest BCUT2D eigenvalue weighted by molar-refractivity contribution is 7.98. The van der Waals surface area contributed by atoms with Crippen LogP contribution in [0, 0.1) is 0 Å². The maximum atomic E-state index is 12.6. The highest BCUT2D eigenvalue weighted by Crippen LogP contribution is 2.29. The summed E-state index contributed by atoms with van der Waals surface area (Å²) < 4.78 is 3.28. The molecule has 10 heteroatoms. The van der Waals surface area contributed by atoms with Crippen LogP contribution < -0.4 is 11.4 Å². The first kappa shape index (κ1) is 17.0. The standard InChI is InChI=1S/C17H16N6OS3/c18-23-15(13-6-3-7-25-13)20-21-17(23)26-9-10-8-14(24)22-11-4-1-2-5-12(11)27-16(22)19-10/h3,6-8H,1-2,4-5,9,18H2. The largest absolute Gasteiger partial charge is 0.335 e. The molecule has 0 amide bonds. The molecule has 0 atom stereocenters. The summed E-state index contributed by atoms with van der Waals surface area (Å²) >= 11 is 4.64. The Morgan fingerprint density at radius 2 is 2.15 bits per heavy atom. The second kappa shape index (κ2) is 6.77. The van der Waals surface area contributed by atoms with Crippen molar-refractivity contribution in [1.82, 2.24) is 24.3 Å². The Bertz CT molecular complexity index is 1170. The Hall–Kier alpha value is -2.17. The lowest BCUT2D eigenvalue weighted by atomic mass is 10.0. The average Bonchev–Trinajstić information content (AvgIpc) is 3.38. The lowest BCUT2D eigenvalue weighted by molar-refractivity contribution is 0.670. The zero-order valence-electron chi connectivity index (χ0n) is 14.3. The summed E-state index contributed by atoms with van der Waals surface area (Å²) in [5, 5.41) is 10.9. The molecule has 0 unspecified atom stereocenters. The van der Waals surface area contributed by atoms with Crippen LogP contribution in [0.3, 0.4) is 0 Å². The molecule has 4 aromatic heterocycles. The lowest BCUT2D eigenvalue weighted by Gasteiger charge is -2.10. The molecule has 0 saturated heterocycles. The number of thiophene rings is 1.